The minimum Gasteiger partial charge on any atom is -0.376 e. The fraction of sp³-hybridized carbons (Fsp3) is 0.184. The fourth-order valence-electron chi connectivity index (χ4n) is 8.69. The number of halogens is 9. The molecule has 4 amide bonds. The zero-order chi connectivity index (χ0) is 49.7. The third-order valence-electron chi connectivity index (χ3n) is 11.9. The molecule has 21 heteroatoms. The molecule has 4 aliphatic rings. The Kier molecular flexibility index (Phi) is 14.1. The number of ether oxygens (including phenoxy) is 2. The molecule has 1 saturated heterocycles. The minimum atomic E-state index is -6.00. The molecule has 3 heterocycles. The molecule has 362 valence electrons. The number of hydrogen-bond donors (Lipinski definition) is 2. The monoisotopic (exact) mass is 1090 g/mol. The number of alkyl halides is 3. The number of nitrogens with one attached hydrogen (secondary N) is 2. The van der Waals surface area contributed by atoms with Gasteiger partial charge < -0.3 is 24.3 Å². The van der Waals surface area contributed by atoms with Crippen molar-refractivity contribution in [3.8, 4) is 28.0 Å². The highest BCUT2D eigenvalue weighted by molar-refractivity contribution is 7.88. The number of para-hydroxylation sites is 2. The van der Waals surface area contributed by atoms with Crippen LogP contribution in [0.3, 0.4) is 0 Å². The summed E-state index contributed by atoms with van der Waals surface area (Å²) in [6, 6.07) is 29.2. The van der Waals surface area contributed by atoms with Gasteiger partial charge in [-0.05, 0) is 83.3 Å². The zero-order valence-corrected chi connectivity index (χ0v) is 41.3. The molecule has 70 heavy (non-hydrogen) atoms. The molecule has 10 rings (SSSR count). The lowest BCUT2D eigenvalue weighted by Crippen LogP contribution is -2.41. The van der Waals surface area contributed by atoms with Crippen molar-refractivity contribution in [1.29, 1.82) is 0 Å². The molecule has 2 N–H and O–H groups in total. The van der Waals surface area contributed by atoms with Crippen LogP contribution in [0.15, 0.2) is 115 Å². The van der Waals surface area contributed by atoms with Crippen LogP contribution in [0.5, 0.6) is 5.75 Å². The highest BCUT2D eigenvalue weighted by Gasteiger charge is 2.49. The zero-order valence-electron chi connectivity index (χ0n) is 36.0. The van der Waals surface area contributed by atoms with E-state index < -0.39 is 33.2 Å². The highest BCUT2D eigenvalue weighted by atomic mass is 35.5. The average Bonchev–Trinajstić information content (AvgIpc) is 3.77. The van der Waals surface area contributed by atoms with Crippen LogP contribution < -0.4 is 24.6 Å². The van der Waals surface area contributed by atoms with E-state index in [0.29, 0.717) is 58.1 Å². The van der Waals surface area contributed by atoms with Gasteiger partial charge in [0.15, 0.2) is 5.79 Å². The number of rotatable bonds is 7. The predicted molar refractivity (Wildman–Crippen MR) is 268 cm³/mol. The number of anilines is 4. The maximum absolute atomic E-state index is 13.3. The van der Waals surface area contributed by atoms with E-state index in [0.717, 1.165) is 57.8 Å². The number of hydrogen-bond acceptors (Lipinski definition) is 7. The van der Waals surface area contributed by atoms with E-state index in [1.54, 1.807) is 53.4 Å². The summed E-state index contributed by atoms with van der Waals surface area (Å²) in [5, 5.41) is 7.44. The van der Waals surface area contributed by atoms with Gasteiger partial charge in [0, 0.05) is 64.3 Å². The van der Waals surface area contributed by atoms with Crippen molar-refractivity contribution in [2.75, 3.05) is 23.0 Å². The van der Waals surface area contributed by atoms with Gasteiger partial charge in [-0.15, -0.1) is 0 Å². The lowest BCUT2D eigenvalue weighted by atomic mass is 9.86. The van der Waals surface area contributed by atoms with Crippen molar-refractivity contribution in [2.45, 2.75) is 43.6 Å². The van der Waals surface area contributed by atoms with Gasteiger partial charge in [0.1, 0.15) is 5.75 Å². The maximum atomic E-state index is 13.3. The Morgan fingerprint density at radius 2 is 1.06 bits per heavy atom. The molecule has 0 aromatic heterocycles. The first-order valence-corrected chi connectivity index (χ1v) is 24.9. The van der Waals surface area contributed by atoms with E-state index in [9.17, 15) is 31.2 Å². The van der Waals surface area contributed by atoms with Crippen LogP contribution in [0.1, 0.15) is 36.0 Å². The summed E-state index contributed by atoms with van der Waals surface area (Å²) in [4.78, 5) is 28.7. The second kappa shape index (κ2) is 19.8. The SMILES string of the molecule is O=C1NCc2c(-c3ccccc3Cl)cc(C3=CCC4(CC3)OCCO4)cc2N1c1c(Cl)cccc1Cl.O=C1NCc2c(-c3ccccc3Cl)cc(OS(=O)(=O)C(F)(F)F)cc2N1c1c(Cl)cccc1Cl. The number of carbonyl (C=O) groups excluding carboxylic acids is 2. The normalized spacial score (nSPS) is 16.4. The number of benzene rings is 6. The minimum absolute atomic E-state index is 0.0172. The second-order valence-corrected chi connectivity index (χ2v) is 20.1. The Bertz CT molecular complexity index is 3200. The Morgan fingerprint density at radius 3 is 1.51 bits per heavy atom. The van der Waals surface area contributed by atoms with Gasteiger partial charge in [0.05, 0.1) is 56.1 Å². The smallest absolute Gasteiger partial charge is 0.376 e. The molecule has 0 unspecified atom stereocenters. The van der Waals surface area contributed by atoms with Crippen molar-refractivity contribution in [1.82, 2.24) is 10.6 Å². The van der Waals surface area contributed by atoms with E-state index >= 15 is 0 Å². The van der Waals surface area contributed by atoms with E-state index in [1.807, 2.05) is 30.3 Å². The molecular formula is C49H35Cl6F3N4O7S. The molecule has 11 nitrogen and oxygen atoms in total. The van der Waals surface area contributed by atoms with Gasteiger partial charge in [0.2, 0.25) is 0 Å². The van der Waals surface area contributed by atoms with Crippen LogP contribution in [0.4, 0.5) is 45.5 Å². The summed E-state index contributed by atoms with van der Waals surface area (Å²) in [7, 11) is -6.00. The lowest BCUT2D eigenvalue weighted by molar-refractivity contribution is -0.159. The van der Waals surface area contributed by atoms with Crippen molar-refractivity contribution >= 4 is 120 Å². The maximum Gasteiger partial charge on any atom is 0.534 e. The summed E-state index contributed by atoms with van der Waals surface area (Å²) in [6.07, 6.45) is 4.43. The third kappa shape index (κ3) is 9.63. The van der Waals surface area contributed by atoms with Crippen LogP contribution in [0.2, 0.25) is 30.1 Å². The predicted octanol–water partition coefficient (Wildman–Crippen LogP) is 14.9. The van der Waals surface area contributed by atoms with Crippen LogP contribution in [-0.4, -0.2) is 45.0 Å². The quantitative estimate of drug-likeness (QED) is 0.120. The molecule has 0 bridgehead atoms. The van der Waals surface area contributed by atoms with E-state index in [-0.39, 0.29) is 44.6 Å². The average molecular weight is 1090 g/mol. The highest BCUT2D eigenvalue weighted by Crippen LogP contribution is 2.49. The van der Waals surface area contributed by atoms with Crippen molar-refractivity contribution in [3.05, 3.63) is 162 Å². The topological polar surface area (TPSA) is 127 Å². The van der Waals surface area contributed by atoms with E-state index in [1.165, 1.54) is 17.7 Å². The number of nitrogens with zero attached hydrogens (tertiary/aromatic N) is 2. The van der Waals surface area contributed by atoms with Crippen molar-refractivity contribution in [3.63, 3.8) is 0 Å². The summed E-state index contributed by atoms with van der Waals surface area (Å²) < 4.78 is 78.7. The van der Waals surface area contributed by atoms with Crippen molar-refractivity contribution in [2.24, 2.45) is 0 Å². The van der Waals surface area contributed by atoms with Gasteiger partial charge >= 0.3 is 27.7 Å². The number of carbonyl (C=O) groups is 2. The summed E-state index contributed by atoms with van der Waals surface area (Å²) in [5.41, 5.74) is 1.58. The molecule has 6 aromatic carbocycles. The van der Waals surface area contributed by atoms with Crippen LogP contribution in [0, 0.1) is 0 Å². The molecule has 0 atom stereocenters. The molecule has 1 fully saturated rings. The summed E-state index contributed by atoms with van der Waals surface area (Å²) in [6.45, 7) is 1.57. The Balaban J connectivity index is 0.000000174. The number of amides is 4. The standard InChI is InChI=1S/C28H23Cl3N2O3.C21H12Cl3F3N2O4S/c29-22-5-2-1-4-19(22)20-14-18(17-8-10-28(11-9-17)35-12-13-36-28)15-25-21(20)16-32-27(34)33(25)26-23(30)6-3-7-24(26)31;22-15-5-2-1-4-12(15)13-8-11(33-34(31,32)21(25,26)27)9-18-14(13)10-28-20(30)29(18)19-16(23)6-3-7-17(19)24/h1-8,14-15H,9-13,16H2,(H,32,34);1-9H,10H2,(H,28,30). The van der Waals surface area contributed by atoms with Crippen LogP contribution in [-0.2, 0) is 32.7 Å². The third-order valence-corrected chi connectivity index (χ3v) is 14.8. The molecule has 0 saturated carbocycles. The van der Waals surface area contributed by atoms with Gasteiger partial charge in [-0.25, -0.2) is 9.59 Å². The van der Waals surface area contributed by atoms with Gasteiger partial charge in [-0.2, -0.15) is 21.6 Å². The molecule has 3 aliphatic heterocycles. The Labute approximate surface area is 429 Å². The Morgan fingerprint density at radius 1 is 0.600 bits per heavy atom. The number of urea groups is 2. The summed E-state index contributed by atoms with van der Waals surface area (Å²) >= 11 is 38.7. The van der Waals surface area contributed by atoms with Gasteiger partial charge in [-0.1, -0.05) is 124 Å². The number of allylic oxidation sites excluding steroid dienone is 1. The first kappa shape index (κ1) is 49.8. The Hall–Kier alpha value is -5.20. The molecular weight excluding hydrogens is 1060 g/mol. The molecule has 0 radical (unpaired) electrons. The van der Waals surface area contributed by atoms with E-state index in [4.69, 9.17) is 79.1 Å². The first-order chi connectivity index (χ1) is 33.4. The fourth-order valence-corrected chi connectivity index (χ4v) is 10.7. The second-order valence-electron chi connectivity index (χ2n) is 16.1. The number of fused-ring (bicyclic) bond motifs is 2. The molecule has 6 aromatic rings. The van der Waals surface area contributed by atoms with Crippen LogP contribution >= 0.6 is 69.6 Å². The van der Waals surface area contributed by atoms with Gasteiger partial charge in [0.25, 0.3) is 0 Å². The first-order valence-electron chi connectivity index (χ1n) is 21.2. The van der Waals surface area contributed by atoms with Crippen molar-refractivity contribution < 1.29 is 44.8 Å². The van der Waals surface area contributed by atoms with E-state index in [2.05, 4.69) is 27.0 Å². The summed E-state index contributed by atoms with van der Waals surface area (Å²) in [5.74, 6) is -1.20. The van der Waals surface area contributed by atoms with Gasteiger partial charge in [-0.3, -0.25) is 9.80 Å². The molecule has 1 spiro atoms. The van der Waals surface area contributed by atoms with Crippen LogP contribution in [0.25, 0.3) is 27.8 Å². The largest absolute Gasteiger partial charge is 0.534 e. The lowest BCUT2D eigenvalue weighted by Gasteiger charge is -2.34. The molecule has 1 aliphatic carbocycles.